The maximum absolute atomic E-state index is 14.1. The van der Waals surface area contributed by atoms with Gasteiger partial charge in [-0.1, -0.05) is 55.5 Å². The number of alkyl halides is 3. The molecule has 0 fully saturated rings. The van der Waals surface area contributed by atoms with Crippen LogP contribution in [0.1, 0.15) is 24.5 Å². The number of amides is 2. The normalized spacial score (nSPS) is 12.1. The summed E-state index contributed by atoms with van der Waals surface area (Å²) in [5.74, 6) is -1.96. The molecule has 0 radical (unpaired) electrons. The smallest absolute Gasteiger partial charge is 0.350 e. The quantitative estimate of drug-likeness (QED) is 0.313. The summed E-state index contributed by atoms with van der Waals surface area (Å²) in [4.78, 5) is 28.6. The number of carbonyl (C=O) groups is 2. The molecule has 4 aromatic rings. The fourth-order valence-electron chi connectivity index (χ4n) is 3.98. The van der Waals surface area contributed by atoms with Crippen LogP contribution in [0.4, 0.5) is 23.2 Å². The zero-order chi connectivity index (χ0) is 28.0. The largest absolute Gasteiger partial charge is 0.416 e. The number of aromatic nitrogens is 4. The van der Waals surface area contributed by atoms with E-state index in [1.165, 1.54) is 24.3 Å². The molecule has 0 aliphatic carbocycles. The zero-order valence-electron chi connectivity index (χ0n) is 20.8. The van der Waals surface area contributed by atoms with Crippen LogP contribution in [0, 0.1) is 5.82 Å². The zero-order valence-corrected chi connectivity index (χ0v) is 20.8. The Morgan fingerprint density at radius 3 is 2.41 bits per heavy atom. The Morgan fingerprint density at radius 2 is 1.72 bits per heavy atom. The van der Waals surface area contributed by atoms with Gasteiger partial charge in [-0.15, -0.1) is 10.2 Å². The van der Waals surface area contributed by atoms with Crippen LogP contribution >= 0.6 is 0 Å². The lowest BCUT2D eigenvalue weighted by molar-refractivity contribution is -0.137. The van der Waals surface area contributed by atoms with Crippen LogP contribution in [0.2, 0.25) is 0 Å². The highest BCUT2D eigenvalue weighted by Gasteiger charge is 2.34. The van der Waals surface area contributed by atoms with Gasteiger partial charge >= 0.3 is 6.18 Å². The fourth-order valence-corrected chi connectivity index (χ4v) is 3.98. The van der Waals surface area contributed by atoms with Crippen LogP contribution in [-0.4, -0.2) is 38.1 Å². The van der Waals surface area contributed by atoms with Crippen molar-refractivity contribution in [2.24, 2.45) is 0 Å². The second-order valence-electron chi connectivity index (χ2n) is 8.56. The van der Waals surface area contributed by atoms with Gasteiger partial charge in [0.05, 0.1) is 11.1 Å². The Hall–Kier alpha value is -4.61. The van der Waals surface area contributed by atoms with E-state index in [-0.39, 0.29) is 30.0 Å². The highest BCUT2D eigenvalue weighted by atomic mass is 19.4. The predicted octanol–water partition coefficient (Wildman–Crippen LogP) is 4.63. The number of hydrogen-bond donors (Lipinski definition) is 1. The molecule has 0 unspecified atom stereocenters. The third kappa shape index (κ3) is 6.64. The Morgan fingerprint density at radius 1 is 1.00 bits per heavy atom. The Balaban J connectivity index is 1.63. The number of nitrogens with one attached hydrogen (secondary N) is 1. The van der Waals surface area contributed by atoms with Crippen LogP contribution in [0.5, 0.6) is 0 Å². The molecule has 1 heterocycles. The number of carbonyl (C=O) groups excluding carboxylic acids is 2. The van der Waals surface area contributed by atoms with E-state index in [4.69, 9.17) is 0 Å². The van der Waals surface area contributed by atoms with Crippen molar-refractivity contribution in [1.29, 1.82) is 0 Å². The van der Waals surface area contributed by atoms with Gasteiger partial charge < -0.3 is 5.32 Å². The van der Waals surface area contributed by atoms with Crippen LogP contribution in [0.25, 0.3) is 11.4 Å². The lowest BCUT2D eigenvalue weighted by atomic mass is 10.1. The van der Waals surface area contributed by atoms with Crippen LogP contribution in [0.3, 0.4) is 0 Å². The molecule has 1 atom stereocenters. The number of halogens is 4. The molecule has 12 heteroatoms. The molecule has 2 amide bonds. The lowest BCUT2D eigenvalue weighted by Crippen LogP contribution is -2.50. The third-order valence-electron chi connectivity index (χ3n) is 5.88. The number of anilines is 1. The molecule has 0 bridgehead atoms. The van der Waals surface area contributed by atoms with Crippen LogP contribution in [0.15, 0.2) is 78.9 Å². The van der Waals surface area contributed by atoms with E-state index in [0.29, 0.717) is 0 Å². The first kappa shape index (κ1) is 27.4. The summed E-state index contributed by atoms with van der Waals surface area (Å²) in [6, 6.07) is 17.8. The highest BCUT2D eigenvalue weighted by molar-refractivity contribution is 6.00. The molecule has 202 valence electrons. The van der Waals surface area contributed by atoms with E-state index in [0.717, 1.165) is 33.5 Å². The van der Waals surface area contributed by atoms with Gasteiger partial charge in [-0.2, -0.15) is 18.0 Å². The molecule has 0 aliphatic heterocycles. The van der Waals surface area contributed by atoms with Crippen molar-refractivity contribution in [3.63, 3.8) is 0 Å². The first-order chi connectivity index (χ1) is 18.7. The van der Waals surface area contributed by atoms with Crippen molar-refractivity contribution in [2.75, 3.05) is 4.90 Å². The van der Waals surface area contributed by atoms with Gasteiger partial charge in [-0.3, -0.25) is 14.5 Å². The minimum atomic E-state index is -4.66. The number of benzene rings is 3. The minimum Gasteiger partial charge on any atom is -0.350 e. The average Bonchev–Trinajstić information content (AvgIpc) is 3.38. The summed E-state index contributed by atoms with van der Waals surface area (Å²) in [6.45, 7) is 1.25. The Labute approximate surface area is 221 Å². The fraction of sp³-hybridized carbons (Fsp3) is 0.222. The van der Waals surface area contributed by atoms with Gasteiger partial charge in [0.1, 0.15) is 18.4 Å². The molecule has 39 heavy (non-hydrogen) atoms. The Bertz CT molecular complexity index is 1440. The van der Waals surface area contributed by atoms with E-state index in [1.54, 1.807) is 37.3 Å². The molecule has 1 aromatic heterocycles. The van der Waals surface area contributed by atoms with E-state index in [9.17, 15) is 27.2 Å². The molecular weight excluding hydrogens is 516 g/mol. The van der Waals surface area contributed by atoms with Crippen molar-refractivity contribution >= 4 is 17.5 Å². The SMILES string of the molecule is CC[C@H](C(=O)NCc1ccccc1)N(C(=O)Cn1nnc(-c2ccccc2F)n1)c1cccc(C(F)(F)F)c1. The number of tetrazole rings is 1. The third-order valence-corrected chi connectivity index (χ3v) is 5.88. The topological polar surface area (TPSA) is 93.0 Å². The molecule has 0 saturated heterocycles. The van der Waals surface area contributed by atoms with Gasteiger partial charge in [-0.05, 0) is 47.5 Å². The first-order valence-electron chi connectivity index (χ1n) is 12.0. The van der Waals surface area contributed by atoms with Gasteiger partial charge in [-0.25, -0.2) is 4.39 Å². The maximum atomic E-state index is 14.1. The summed E-state index contributed by atoms with van der Waals surface area (Å²) in [5.41, 5.74) is -0.216. The Kier molecular flexibility index (Phi) is 8.33. The second-order valence-corrected chi connectivity index (χ2v) is 8.56. The molecular formula is C27H24F4N6O2. The minimum absolute atomic E-state index is 0.0673. The summed E-state index contributed by atoms with van der Waals surface area (Å²) in [5, 5.41) is 14.4. The van der Waals surface area contributed by atoms with Crippen molar-refractivity contribution in [3.05, 3.63) is 95.8 Å². The van der Waals surface area contributed by atoms with Crippen molar-refractivity contribution < 1.29 is 27.2 Å². The van der Waals surface area contributed by atoms with Crippen LogP contribution < -0.4 is 10.2 Å². The van der Waals surface area contributed by atoms with E-state index >= 15 is 0 Å². The van der Waals surface area contributed by atoms with Crippen molar-refractivity contribution in [1.82, 2.24) is 25.5 Å². The maximum Gasteiger partial charge on any atom is 0.416 e. The van der Waals surface area contributed by atoms with Gasteiger partial charge in [0, 0.05) is 12.2 Å². The lowest BCUT2D eigenvalue weighted by Gasteiger charge is -2.30. The molecule has 0 aliphatic rings. The van der Waals surface area contributed by atoms with Crippen molar-refractivity contribution in [3.8, 4) is 11.4 Å². The number of hydrogen-bond acceptors (Lipinski definition) is 5. The summed E-state index contributed by atoms with van der Waals surface area (Å²) < 4.78 is 54.6. The second kappa shape index (κ2) is 11.8. The number of rotatable bonds is 9. The summed E-state index contributed by atoms with van der Waals surface area (Å²) in [6.07, 6.45) is -4.56. The first-order valence-corrected chi connectivity index (χ1v) is 12.0. The summed E-state index contributed by atoms with van der Waals surface area (Å²) >= 11 is 0. The van der Waals surface area contributed by atoms with Gasteiger partial charge in [0.15, 0.2) is 0 Å². The summed E-state index contributed by atoms with van der Waals surface area (Å²) in [7, 11) is 0. The van der Waals surface area contributed by atoms with E-state index in [1.807, 2.05) is 6.07 Å². The monoisotopic (exact) mass is 540 g/mol. The standard InChI is InChI=1S/C27H24F4N6O2/c1-2-23(26(39)32-16-18-9-4-3-5-10-18)37(20-12-8-11-19(15-20)27(29,30)31)24(38)17-36-34-25(33-35-36)21-13-6-7-14-22(21)28/h3-15,23H,2,16-17H2,1H3,(H,32,39)/t23-/m1/s1. The highest BCUT2D eigenvalue weighted by Crippen LogP contribution is 2.32. The van der Waals surface area contributed by atoms with E-state index in [2.05, 4.69) is 20.7 Å². The molecule has 0 spiro atoms. The van der Waals surface area contributed by atoms with Crippen molar-refractivity contribution in [2.45, 2.75) is 38.7 Å². The van der Waals surface area contributed by atoms with Crippen LogP contribution in [-0.2, 0) is 28.9 Å². The van der Waals surface area contributed by atoms with Gasteiger partial charge in [0.2, 0.25) is 11.7 Å². The predicted molar refractivity (Wildman–Crippen MR) is 135 cm³/mol. The average molecular weight is 541 g/mol. The molecule has 3 aromatic carbocycles. The molecule has 4 rings (SSSR count). The van der Waals surface area contributed by atoms with Gasteiger partial charge in [0.25, 0.3) is 5.91 Å². The van der Waals surface area contributed by atoms with E-state index < -0.39 is 42.0 Å². The molecule has 0 saturated carbocycles. The number of nitrogens with zero attached hydrogens (tertiary/aromatic N) is 5. The molecule has 1 N–H and O–H groups in total. The molecule has 8 nitrogen and oxygen atoms in total.